The summed E-state index contributed by atoms with van der Waals surface area (Å²) >= 11 is 0. The maximum absolute atomic E-state index is 12.5. The highest BCUT2D eigenvalue weighted by atomic mass is 16.5. The predicted octanol–water partition coefficient (Wildman–Crippen LogP) is 2.31. The molecule has 0 spiro atoms. The normalized spacial score (nSPS) is 13.0. The highest BCUT2D eigenvalue weighted by Crippen LogP contribution is 2.27. The van der Waals surface area contributed by atoms with Crippen LogP contribution in [-0.2, 0) is 0 Å². The van der Waals surface area contributed by atoms with Crippen molar-refractivity contribution in [3.8, 4) is 11.5 Å². The Hall–Kier alpha value is -3.02. The number of nitrogens with one attached hydrogen (secondary N) is 2. The molecule has 0 aromatic heterocycles. The van der Waals surface area contributed by atoms with Crippen molar-refractivity contribution >= 4 is 17.4 Å². The fourth-order valence-corrected chi connectivity index (χ4v) is 2.52. The number of hydrogen-bond acceptors (Lipinski definition) is 5. The molecule has 6 nitrogen and oxygen atoms in total. The molecule has 3 rings (SSSR count). The lowest BCUT2D eigenvalue weighted by Crippen LogP contribution is -2.19. The summed E-state index contributed by atoms with van der Waals surface area (Å²) in [5, 5.41) is 6.11. The summed E-state index contributed by atoms with van der Waals surface area (Å²) in [6, 6.07) is 12.7. The van der Waals surface area contributed by atoms with Gasteiger partial charge < -0.3 is 20.1 Å². The molecule has 0 fully saturated rings. The number of carbonyl (C=O) groups excluding carboxylic acids is 1. The van der Waals surface area contributed by atoms with E-state index >= 15 is 0 Å². The largest absolute Gasteiger partial charge is 0.493 e. The molecular weight excluding hydrogens is 306 g/mol. The van der Waals surface area contributed by atoms with E-state index in [1.807, 2.05) is 24.3 Å². The number of aliphatic imine (C=N–C) groups is 1. The van der Waals surface area contributed by atoms with Crippen LogP contribution in [0.25, 0.3) is 0 Å². The number of benzene rings is 2. The molecule has 0 saturated heterocycles. The van der Waals surface area contributed by atoms with Crippen molar-refractivity contribution in [3.63, 3.8) is 0 Å². The number of amides is 1. The SMILES string of the molecule is COc1ccc(C(=O)Nc2cccc(C3=NCCN3)c2)cc1OC. The zero-order chi connectivity index (χ0) is 16.9. The van der Waals surface area contributed by atoms with Crippen molar-refractivity contribution in [2.45, 2.75) is 0 Å². The number of anilines is 1. The standard InChI is InChI=1S/C18H19N3O3/c1-23-15-7-6-13(11-16(15)24-2)18(22)21-14-5-3-4-12(10-14)17-19-8-9-20-17/h3-7,10-11H,8-9H2,1-2H3,(H,19,20)(H,21,22). The van der Waals surface area contributed by atoms with E-state index in [4.69, 9.17) is 9.47 Å². The van der Waals surface area contributed by atoms with E-state index < -0.39 is 0 Å². The number of ether oxygens (including phenoxy) is 2. The van der Waals surface area contributed by atoms with Crippen LogP contribution in [0.1, 0.15) is 15.9 Å². The van der Waals surface area contributed by atoms with Crippen LogP contribution in [0.15, 0.2) is 47.5 Å². The lowest BCUT2D eigenvalue weighted by atomic mass is 10.1. The summed E-state index contributed by atoms with van der Waals surface area (Å²) in [5.41, 5.74) is 2.16. The molecule has 0 atom stereocenters. The first-order chi connectivity index (χ1) is 11.7. The van der Waals surface area contributed by atoms with Crippen molar-refractivity contribution in [2.75, 3.05) is 32.6 Å². The predicted molar refractivity (Wildman–Crippen MR) is 93.3 cm³/mol. The third-order valence-electron chi connectivity index (χ3n) is 3.71. The minimum absolute atomic E-state index is 0.213. The van der Waals surface area contributed by atoms with Crippen LogP contribution >= 0.6 is 0 Å². The molecule has 2 aromatic carbocycles. The number of rotatable bonds is 5. The summed E-state index contributed by atoms with van der Waals surface area (Å²) in [6.07, 6.45) is 0. The first-order valence-corrected chi connectivity index (χ1v) is 7.63. The Balaban J connectivity index is 1.78. The van der Waals surface area contributed by atoms with Crippen molar-refractivity contribution in [1.82, 2.24) is 5.32 Å². The second kappa shape index (κ2) is 7.04. The number of methoxy groups -OCH3 is 2. The van der Waals surface area contributed by atoms with Gasteiger partial charge in [-0.1, -0.05) is 12.1 Å². The van der Waals surface area contributed by atoms with Crippen LogP contribution < -0.4 is 20.1 Å². The summed E-state index contributed by atoms with van der Waals surface area (Å²) in [4.78, 5) is 16.8. The van der Waals surface area contributed by atoms with Crippen LogP contribution in [0.5, 0.6) is 11.5 Å². The van der Waals surface area contributed by atoms with Crippen molar-refractivity contribution in [2.24, 2.45) is 4.99 Å². The maximum Gasteiger partial charge on any atom is 0.255 e. The number of hydrogen-bond donors (Lipinski definition) is 2. The van der Waals surface area contributed by atoms with E-state index in [2.05, 4.69) is 15.6 Å². The number of amidine groups is 1. The topological polar surface area (TPSA) is 72.0 Å². The minimum atomic E-state index is -0.213. The summed E-state index contributed by atoms with van der Waals surface area (Å²) in [7, 11) is 3.10. The molecule has 124 valence electrons. The third kappa shape index (κ3) is 3.32. The molecule has 0 unspecified atom stereocenters. The second-order valence-corrected chi connectivity index (χ2v) is 5.26. The summed E-state index contributed by atoms with van der Waals surface area (Å²) in [6.45, 7) is 1.62. The Bertz CT molecular complexity index is 787. The minimum Gasteiger partial charge on any atom is -0.493 e. The lowest BCUT2D eigenvalue weighted by Gasteiger charge is -2.11. The fraction of sp³-hybridized carbons (Fsp3) is 0.222. The summed E-state index contributed by atoms with van der Waals surface area (Å²) in [5.74, 6) is 1.75. The van der Waals surface area contributed by atoms with Gasteiger partial charge >= 0.3 is 0 Å². The average molecular weight is 325 g/mol. The molecule has 2 N–H and O–H groups in total. The van der Waals surface area contributed by atoms with Gasteiger partial charge in [-0.2, -0.15) is 0 Å². The second-order valence-electron chi connectivity index (χ2n) is 5.26. The molecule has 1 heterocycles. The molecule has 6 heteroatoms. The van der Waals surface area contributed by atoms with Crippen LogP contribution in [0.4, 0.5) is 5.69 Å². The van der Waals surface area contributed by atoms with Crippen LogP contribution in [-0.4, -0.2) is 39.1 Å². The van der Waals surface area contributed by atoms with Crippen LogP contribution in [0.2, 0.25) is 0 Å². The first kappa shape index (κ1) is 15.9. The van der Waals surface area contributed by atoms with Crippen molar-refractivity contribution < 1.29 is 14.3 Å². The molecule has 0 aliphatic carbocycles. The van der Waals surface area contributed by atoms with Crippen LogP contribution in [0.3, 0.4) is 0 Å². The van der Waals surface area contributed by atoms with Gasteiger partial charge in [-0.25, -0.2) is 0 Å². The van der Waals surface area contributed by atoms with E-state index in [0.29, 0.717) is 22.7 Å². The molecule has 0 bridgehead atoms. The zero-order valence-electron chi connectivity index (χ0n) is 13.6. The van der Waals surface area contributed by atoms with Gasteiger partial charge in [0.15, 0.2) is 11.5 Å². The molecule has 1 amide bonds. The molecule has 2 aromatic rings. The Morgan fingerprint density at radius 3 is 2.67 bits per heavy atom. The van der Waals surface area contributed by atoms with E-state index in [1.54, 1.807) is 32.4 Å². The molecule has 0 saturated carbocycles. The first-order valence-electron chi connectivity index (χ1n) is 7.63. The summed E-state index contributed by atoms with van der Waals surface area (Å²) < 4.78 is 10.4. The number of carbonyl (C=O) groups is 1. The Morgan fingerprint density at radius 2 is 1.96 bits per heavy atom. The fourth-order valence-electron chi connectivity index (χ4n) is 2.52. The quantitative estimate of drug-likeness (QED) is 0.885. The van der Waals surface area contributed by atoms with Gasteiger partial charge in [-0.3, -0.25) is 9.79 Å². The van der Waals surface area contributed by atoms with E-state index in [9.17, 15) is 4.79 Å². The van der Waals surface area contributed by atoms with Gasteiger partial charge in [0.2, 0.25) is 0 Å². The van der Waals surface area contributed by atoms with Gasteiger partial charge in [-0.15, -0.1) is 0 Å². The monoisotopic (exact) mass is 325 g/mol. The van der Waals surface area contributed by atoms with E-state index in [0.717, 1.165) is 24.5 Å². The van der Waals surface area contributed by atoms with E-state index in [1.165, 1.54) is 0 Å². The third-order valence-corrected chi connectivity index (χ3v) is 3.71. The van der Waals surface area contributed by atoms with Gasteiger partial charge in [0.05, 0.1) is 20.8 Å². The van der Waals surface area contributed by atoms with Crippen molar-refractivity contribution in [3.05, 3.63) is 53.6 Å². The lowest BCUT2D eigenvalue weighted by molar-refractivity contribution is 0.102. The van der Waals surface area contributed by atoms with E-state index in [-0.39, 0.29) is 5.91 Å². The highest BCUT2D eigenvalue weighted by Gasteiger charge is 2.12. The molecule has 1 aliphatic heterocycles. The van der Waals surface area contributed by atoms with Gasteiger partial charge in [0.1, 0.15) is 5.84 Å². The molecule has 0 radical (unpaired) electrons. The van der Waals surface area contributed by atoms with Gasteiger partial charge in [-0.05, 0) is 30.3 Å². The highest BCUT2D eigenvalue weighted by molar-refractivity contribution is 6.06. The zero-order valence-corrected chi connectivity index (χ0v) is 13.6. The Morgan fingerprint density at radius 1 is 1.12 bits per heavy atom. The smallest absolute Gasteiger partial charge is 0.255 e. The number of nitrogens with zero attached hydrogens (tertiary/aromatic N) is 1. The van der Waals surface area contributed by atoms with Crippen LogP contribution in [0, 0.1) is 0 Å². The van der Waals surface area contributed by atoms with Gasteiger partial charge in [0.25, 0.3) is 5.91 Å². The molecule has 24 heavy (non-hydrogen) atoms. The Labute approximate surface area is 140 Å². The van der Waals surface area contributed by atoms with Crippen molar-refractivity contribution in [1.29, 1.82) is 0 Å². The van der Waals surface area contributed by atoms with Gasteiger partial charge in [0, 0.05) is 23.4 Å². The Kier molecular flexibility index (Phi) is 4.65. The molecule has 1 aliphatic rings. The molecular formula is C18H19N3O3. The average Bonchev–Trinajstić information content (AvgIpc) is 3.16. The maximum atomic E-state index is 12.5.